The van der Waals surface area contributed by atoms with Crippen LogP contribution in [0.5, 0.6) is 0 Å². The van der Waals surface area contributed by atoms with Gasteiger partial charge in [0.25, 0.3) is 10.1 Å². The third-order valence-corrected chi connectivity index (χ3v) is 4.02. The van der Waals surface area contributed by atoms with Crippen LogP contribution in [0.3, 0.4) is 0 Å². The van der Waals surface area contributed by atoms with Crippen LogP contribution in [0.2, 0.25) is 0 Å². The fourth-order valence-electron chi connectivity index (χ4n) is 2.51. The van der Waals surface area contributed by atoms with Crippen molar-refractivity contribution in [3.05, 3.63) is 0 Å². The Morgan fingerprint density at radius 2 is 1.75 bits per heavy atom. The largest absolute Gasteiger partial charge is 0.302 e. The van der Waals surface area contributed by atoms with Gasteiger partial charge in [-0.2, -0.15) is 8.42 Å². The Hall–Kier alpha value is -0.460. The van der Waals surface area contributed by atoms with Gasteiger partial charge in [0.2, 0.25) is 0 Å². The Bertz CT molecular complexity index is 409. The molecule has 6 heteroatoms. The molecule has 2 unspecified atom stereocenters. The van der Waals surface area contributed by atoms with Gasteiger partial charge in [-0.25, -0.2) is 0 Å². The molecule has 0 saturated heterocycles. The maximum atomic E-state index is 12.3. The predicted octanol–water partition coefficient (Wildman–Crippen LogP) is 2.08. The molecule has 5 nitrogen and oxygen atoms in total. The number of ketones is 1. The second-order valence-corrected chi connectivity index (χ2v) is 8.49. The second kappa shape index (κ2) is 7.52. The number of Topliss-reactive ketones (excluding diaryl/α,β-unsaturated/α-hetero) is 1. The van der Waals surface area contributed by atoms with Gasteiger partial charge in [-0.05, 0) is 31.8 Å². The molecule has 0 aromatic rings. The van der Waals surface area contributed by atoms with Crippen LogP contribution < -0.4 is 0 Å². The average Bonchev–Trinajstić information content (AvgIpc) is 2.19. The van der Waals surface area contributed by atoms with Crippen LogP contribution >= 0.6 is 0 Å². The molecule has 0 spiro atoms. The maximum Gasteiger partial charge on any atom is 0.265 e. The third-order valence-electron chi connectivity index (χ3n) is 3.24. The minimum atomic E-state index is -4.15. The van der Waals surface area contributed by atoms with Crippen molar-refractivity contribution in [2.75, 3.05) is 26.4 Å². The van der Waals surface area contributed by atoms with E-state index in [4.69, 9.17) is 4.55 Å². The molecular formula is C14H29NO4S. The number of likely N-dealkylation sites (N-methyl/N-ethyl adjacent to an activating group) is 1. The first-order chi connectivity index (χ1) is 8.85. The summed E-state index contributed by atoms with van der Waals surface area (Å²) in [5, 5.41) is 0. The van der Waals surface area contributed by atoms with Crippen molar-refractivity contribution < 1.29 is 17.8 Å². The van der Waals surface area contributed by atoms with Crippen molar-refractivity contribution >= 4 is 15.9 Å². The molecule has 0 fully saturated rings. The fourth-order valence-corrected chi connectivity index (χ4v) is 3.42. The van der Waals surface area contributed by atoms with Gasteiger partial charge in [-0.3, -0.25) is 9.35 Å². The van der Waals surface area contributed by atoms with Crippen LogP contribution in [0.1, 0.15) is 40.5 Å². The van der Waals surface area contributed by atoms with Crippen LogP contribution in [-0.2, 0) is 14.9 Å². The maximum absolute atomic E-state index is 12.3. The zero-order chi connectivity index (χ0) is 16.1. The summed E-state index contributed by atoms with van der Waals surface area (Å²) in [6.45, 7) is 8.35. The topological polar surface area (TPSA) is 74.7 Å². The first-order valence-electron chi connectivity index (χ1n) is 6.98. The Labute approximate surface area is 123 Å². The summed E-state index contributed by atoms with van der Waals surface area (Å²) < 4.78 is 31.5. The van der Waals surface area contributed by atoms with Gasteiger partial charge in [-0.15, -0.1) is 0 Å². The number of hydrogen-bond donors (Lipinski definition) is 1. The highest BCUT2D eigenvalue weighted by Crippen LogP contribution is 2.32. The van der Waals surface area contributed by atoms with Gasteiger partial charge in [0, 0.05) is 5.92 Å². The van der Waals surface area contributed by atoms with Crippen molar-refractivity contribution in [3.63, 3.8) is 0 Å². The molecule has 0 saturated carbocycles. The summed E-state index contributed by atoms with van der Waals surface area (Å²) >= 11 is 0. The standard InChI is InChI=1S/C14H29NO4S/c1-7-11(8-14(2,3)4)12(10-20(17,18)19)13(16)9-15(5)6/h11-12H,7-10H2,1-6H3,(H,17,18,19). The van der Waals surface area contributed by atoms with Crippen molar-refractivity contribution in [2.45, 2.75) is 40.5 Å². The predicted molar refractivity (Wildman–Crippen MR) is 81.3 cm³/mol. The lowest BCUT2D eigenvalue weighted by molar-refractivity contribution is -0.124. The Balaban J connectivity index is 5.21. The SMILES string of the molecule is CCC(CC(C)(C)C)C(CS(=O)(=O)O)C(=O)CN(C)C. The molecule has 0 rings (SSSR count). The van der Waals surface area contributed by atoms with E-state index in [-0.39, 0.29) is 23.7 Å². The van der Waals surface area contributed by atoms with E-state index in [9.17, 15) is 13.2 Å². The van der Waals surface area contributed by atoms with Gasteiger partial charge in [-0.1, -0.05) is 34.1 Å². The number of rotatable bonds is 8. The first-order valence-corrected chi connectivity index (χ1v) is 8.59. The molecule has 120 valence electrons. The quantitative estimate of drug-likeness (QED) is 0.695. The van der Waals surface area contributed by atoms with E-state index < -0.39 is 21.8 Å². The van der Waals surface area contributed by atoms with Gasteiger partial charge in [0.05, 0.1) is 12.3 Å². The molecule has 0 aliphatic carbocycles. The molecule has 2 atom stereocenters. The highest BCUT2D eigenvalue weighted by atomic mass is 32.2. The molecule has 0 amide bonds. The number of carbonyl (C=O) groups is 1. The monoisotopic (exact) mass is 307 g/mol. The lowest BCUT2D eigenvalue weighted by atomic mass is 9.76. The van der Waals surface area contributed by atoms with Gasteiger partial charge >= 0.3 is 0 Å². The van der Waals surface area contributed by atoms with Crippen molar-refractivity contribution in [3.8, 4) is 0 Å². The highest BCUT2D eigenvalue weighted by Gasteiger charge is 2.33. The first kappa shape index (κ1) is 19.5. The minimum absolute atomic E-state index is 0.0105. The smallest absolute Gasteiger partial charge is 0.265 e. The van der Waals surface area contributed by atoms with Crippen LogP contribution in [0.15, 0.2) is 0 Å². The summed E-state index contributed by atoms with van der Waals surface area (Å²) in [5.41, 5.74) is 0.0105. The average molecular weight is 307 g/mol. The van der Waals surface area contributed by atoms with E-state index in [0.717, 1.165) is 12.8 Å². The Kier molecular flexibility index (Phi) is 7.35. The summed E-state index contributed by atoms with van der Waals surface area (Å²) in [6.07, 6.45) is 1.47. The van der Waals surface area contributed by atoms with E-state index in [1.807, 2.05) is 6.92 Å². The molecule has 1 N–H and O–H groups in total. The van der Waals surface area contributed by atoms with Crippen LogP contribution in [0.4, 0.5) is 0 Å². The number of carbonyl (C=O) groups excluding carboxylic acids is 1. The highest BCUT2D eigenvalue weighted by molar-refractivity contribution is 7.85. The zero-order valence-corrected chi connectivity index (χ0v) is 14.3. The van der Waals surface area contributed by atoms with Crippen LogP contribution in [0, 0.1) is 17.3 Å². The molecule has 0 aliphatic heterocycles. The van der Waals surface area contributed by atoms with Gasteiger partial charge < -0.3 is 4.90 Å². The van der Waals surface area contributed by atoms with Crippen molar-refractivity contribution in [1.82, 2.24) is 4.90 Å². The van der Waals surface area contributed by atoms with E-state index in [1.54, 1.807) is 19.0 Å². The zero-order valence-electron chi connectivity index (χ0n) is 13.5. The second-order valence-electron chi connectivity index (χ2n) is 6.99. The van der Waals surface area contributed by atoms with Gasteiger partial charge in [0.1, 0.15) is 0 Å². The molecule has 0 aromatic carbocycles. The van der Waals surface area contributed by atoms with E-state index in [2.05, 4.69) is 20.8 Å². The summed E-state index contributed by atoms with van der Waals surface area (Å²) in [4.78, 5) is 14.0. The van der Waals surface area contributed by atoms with Crippen molar-refractivity contribution in [1.29, 1.82) is 0 Å². The minimum Gasteiger partial charge on any atom is -0.302 e. The van der Waals surface area contributed by atoms with Crippen LogP contribution in [0.25, 0.3) is 0 Å². The Morgan fingerprint density at radius 3 is 2.05 bits per heavy atom. The summed E-state index contributed by atoms with van der Waals surface area (Å²) in [7, 11) is -0.612. The van der Waals surface area contributed by atoms with E-state index >= 15 is 0 Å². The molecule has 0 aromatic heterocycles. The van der Waals surface area contributed by atoms with Crippen LogP contribution in [-0.4, -0.2) is 50.0 Å². The molecule has 0 aliphatic rings. The lowest BCUT2D eigenvalue weighted by Crippen LogP contribution is -2.37. The fraction of sp³-hybridized carbons (Fsp3) is 0.929. The lowest BCUT2D eigenvalue weighted by Gasteiger charge is -2.31. The molecule has 0 radical (unpaired) electrons. The Morgan fingerprint density at radius 1 is 1.25 bits per heavy atom. The third kappa shape index (κ3) is 8.66. The van der Waals surface area contributed by atoms with E-state index in [0.29, 0.717) is 0 Å². The van der Waals surface area contributed by atoms with Crippen molar-refractivity contribution in [2.24, 2.45) is 17.3 Å². The number of hydrogen-bond acceptors (Lipinski definition) is 4. The number of nitrogens with zero attached hydrogens (tertiary/aromatic N) is 1. The molecule has 0 bridgehead atoms. The molecule has 0 heterocycles. The molecular weight excluding hydrogens is 278 g/mol. The van der Waals surface area contributed by atoms with Gasteiger partial charge in [0.15, 0.2) is 5.78 Å². The molecule has 20 heavy (non-hydrogen) atoms. The summed E-state index contributed by atoms with van der Waals surface area (Å²) in [6, 6.07) is 0. The summed E-state index contributed by atoms with van der Waals surface area (Å²) in [5.74, 6) is -1.28. The van der Waals surface area contributed by atoms with E-state index in [1.165, 1.54) is 0 Å². The normalized spacial score (nSPS) is 16.2.